The molecule has 0 radical (unpaired) electrons. The van der Waals surface area contributed by atoms with Crippen LogP contribution in [0.1, 0.15) is 24.0 Å². The van der Waals surface area contributed by atoms with E-state index >= 15 is 0 Å². The van der Waals surface area contributed by atoms with Gasteiger partial charge >= 0.3 is 0 Å². The molecular weight excluding hydrogens is 348 g/mol. The molecule has 0 aliphatic carbocycles. The first-order chi connectivity index (χ1) is 12.4. The summed E-state index contributed by atoms with van der Waals surface area (Å²) in [6.45, 7) is 4.35. The van der Waals surface area contributed by atoms with Crippen LogP contribution in [0.5, 0.6) is 0 Å². The molecule has 2 aromatic carbocycles. The molecule has 1 amide bonds. The number of anilines is 1. The van der Waals surface area contributed by atoms with Gasteiger partial charge in [0.1, 0.15) is 0 Å². The van der Waals surface area contributed by atoms with Crippen LogP contribution < -0.4 is 5.32 Å². The highest BCUT2D eigenvalue weighted by molar-refractivity contribution is 7.89. The van der Waals surface area contributed by atoms with Crippen molar-refractivity contribution in [3.8, 4) is 0 Å². The highest BCUT2D eigenvalue weighted by Gasteiger charge is 2.34. The fourth-order valence-corrected chi connectivity index (χ4v) is 5.10. The van der Waals surface area contributed by atoms with Crippen LogP contribution in [0.3, 0.4) is 0 Å². The van der Waals surface area contributed by atoms with Crippen molar-refractivity contribution in [2.45, 2.75) is 31.6 Å². The predicted octanol–water partition coefficient (Wildman–Crippen LogP) is 3.34. The first-order valence-corrected chi connectivity index (χ1v) is 10.3. The van der Waals surface area contributed by atoms with Crippen LogP contribution in [0.15, 0.2) is 53.4 Å². The molecule has 2 aromatic rings. The lowest BCUT2D eigenvalue weighted by atomic mass is 9.99. The minimum Gasteiger partial charge on any atom is -0.326 e. The molecular formula is C20H24N2O3S. The van der Waals surface area contributed by atoms with Crippen molar-refractivity contribution in [1.82, 2.24) is 4.31 Å². The summed E-state index contributed by atoms with van der Waals surface area (Å²) in [6, 6.07) is 14.7. The van der Waals surface area contributed by atoms with Crippen molar-refractivity contribution in [3.63, 3.8) is 0 Å². The third-order valence-corrected chi connectivity index (χ3v) is 6.76. The highest BCUT2D eigenvalue weighted by atomic mass is 32.2. The molecule has 0 aromatic heterocycles. The Morgan fingerprint density at radius 1 is 1.12 bits per heavy atom. The van der Waals surface area contributed by atoms with Crippen LogP contribution in [0.4, 0.5) is 5.69 Å². The molecule has 1 unspecified atom stereocenters. The van der Waals surface area contributed by atoms with Gasteiger partial charge in [0.15, 0.2) is 0 Å². The summed E-state index contributed by atoms with van der Waals surface area (Å²) in [5.74, 6) is -0.471. The second-order valence-electron chi connectivity index (χ2n) is 6.83. The summed E-state index contributed by atoms with van der Waals surface area (Å²) in [6.07, 6.45) is 1.37. The van der Waals surface area contributed by atoms with E-state index in [2.05, 4.69) is 5.32 Å². The Balaban J connectivity index is 1.77. The van der Waals surface area contributed by atoms with Crippen molar-refractivity contribution < 1.29 is 13.2 Å². The number of hydrogen-bond acceptors (Lipinski definition) is 3. The van der Waals surface area contributed by atoms with E-state index in [0.717, 1.165) is 16.8 Å². The predicted molar refractivity (Wildman–Crippen MR) is 102 cm³/mol. The second kappa shape index (κ2) is 7.60. The van der Waals surface area contributed by atoms with Gasteiger partial charge in [0.05, 0.1) is 10.8 Å². The van der Waals surface area contributed by atoms with E-state index in [1.54, 1.807) is 13.0 Å². The molecule has 1 aliphatic heterocycles. The van der Waals surface area contributed by atoms with E-state index in [4.69, 9.17) is 0 Å². The van der Waals surface area contributed by atoms with Gasteiger partial charge in [-0.1, -0.05) is 30.3 Å². The minimum absolute atomic E-state index is 0.128. The normalized spacial score (nSPS) is 18.5. The number of piperidine rings is 1. The van der Waals surface area contributed by atoms with Gasteiger partial charge in [0.2, 0.25) is 15.9 Å². The van der Waals surface area contributed by atoms with E-state index < -0.39 is 10.0 Å². The van der Waals surface area contributed by atoms with Gasteiger partial charge in [0, 0.05) is 18.8 Å². The number of benzene rings is 2. The molecule has 5 nitrogen and oxygen atoms in total. The van der Waals surface area contributed by atoms with Crippen LogP contribution in [-0.4, -0.2) is 31.7 Å². The summed E-state index contributed by atoms with van der Waals surface area (Å²) in [7, 11) is -3.60. The van der Waals surface area contributed by atoms with E-state index in [-0.39, 0.29) is 18.4 Å². The number of sulfonamides is 1. The maximum Gasteiger partial charge on any atom is 0.243 e. The van der Waals surface area contributed by atoms with Crippen molar-refractivity contribution in [2.75, 3.05) is 18.4 Å². The molecule has 26 heavy (non-hydrogen) atoms. The molecule has 0 bridgehead atoms. The molecule has 1 fully saturated rings. The topological polar surface area (TPSA) is 66.5 Å². The first-order valence-electron chi connectivity index (χ1n) is 8.81. The van der Waals surface area contributed by atoms with Gasteiger partial charge in [-0.3, -0.25) is 4.79 Å². The Bertz CT molecular complexity index is 895. The van der Waals surface area contributed by atoms with Crippen LogP contribution >= 0.6 is 0 Å². The maximum absolute atomic E-state index is 13.1. The summed E-state index contributed by atoms with van der Waals surface area (Å²) in [5.41, 5.74) is 2.36. The molecule has 138 valence electrons. The molecule has 1 heterocycles. The lowest BCUT2D eigenvalue weighted by molar-refractivity contribution is -0.120. The van der Waals surface area contributed by atoms with Crippen molar-refractivity contribution >= 4 is 21.6 Å². The van der Waals surface area contributed by atoms with Crippen molar-refractivity contribution in [2.24, 2.45) is 5.92 Å². The number of carbonyl (C=O) groups excluding carboxylic acids is 1. The summed E-state index contributed by atoms with van der Waals surface area (Å²) < 4.78 is 27.6. The minimum atomic E-state index is -3.60. The zero-order chi connectivity index (χ0) is 18.7. The summed E-state index contributed by atoms with van der Waals surface area (Å²) >= 11 is 0. The fourth-order valence-electron chi connectivity index (χ4n) is 3.26. The Morgan fingerprint density at radius 2 is 1.85 bits per heavy atom. The zero-order valence-electron chi connectivity index (χ0n) is 15.1. The fraction of sp³-hybridized carbons (Fsp3) is 0.350. The van der Waals surface area contributed by atoms with E-state index in [1.807, 2.05) is 49.4 Å². The average molecular weight is 372 g/mol. The molecule has 1 aliphatic rings. The van der Waals surface area contributed by atoms with E-state index in [9.17, 15) is 13.2 Å². The number of nitrogens with zero attached hydrogens (tertiary/aromatic N) is 1. The van der Waals surface area contributed by atoms with Crippen LogP contribution in [0.25, 0.3) is 0 Å². The van der Waals surface area contributed by atoms with Gasteiger partial charge in [-0.2, -0.15) is 4.31 Å². The Morgan fingerprint density at radius 3 is 2.58 bits per heavy atom. The maximum atomic E-state index is 13.1. The number of nitrogens with one attached hydrogen (secondary N) is 1. The Labute approximate surface area is 155 Å². The van der Waals surface area contributed by atoms with Gasteiger partial charge in [-0.15, -0.1) is 0 Å². The summed E-state index contributed by atoms with van der Waals surface area (Å²) in [5, 5.41) is 2.88. The van der Waals surface area contributed by atoms with E-state index in [0.29, 0.717) is 24.3 Å². The molecule has 3 rings (SSSR count). The smallest absolute Gasteiger partial charge is 0.243 e. The van der Waals surface area contributed by atoms with Gasteiger partial charge < -0.3 is 5.32 Å². The van der Waals surface area contributed by atoms with Crippen LogP contribution in [-0.2, 0) is 14.8 Å². The Kier molecular flexibility index (Phi) is 5.44. The molecule has 1 saturated heterocycles. The number of amides is 1. The number of para-hydroxylation sites is 1. The lowest BCUT2D eigenvalue weighted by Crippen LogP contribution is -2.43. The largest absolute Gasteiger partial charge is 0.326 e. The number of hydrogen-bond donors (Lipinski definition) is 1. The SMILES string of the molecule is Cc1ccc(C)c(S(=O)(=O)N2CCCC(C(=O)Nc3ccccc3)C2)c1. The van der Waals surface area contributed by atoms with Gasteiger partial charge in [-0.25, -0.2) is 8.42 Å². The molecule has 0 spiro atoms. The van der Waals surface area contributed by atoms with Crippen molar-refractivity contribution in [3.05, 3.63) is 59.7 Å². The number of rotatable bonds is 4. The number of aryl methyl sites for hydroxylation is 2. The highest BCUT2D eigenvalue weighted by Crippen LogP contribution is 2.27. The standard InChI is InChI=1S/C20H24N2O3S/c1-15-10-11-16(2)19(13-15)26(24,25)22-12-6-7-17(14-22)20(23)21-18-8-4-3-5-9-18/h3-5,8-11,13,17H,6-7,12,14H2,1-2H3,(H,21,23). The van der Waals surface area contributed by atoms with E-state index in [1.165, 1.54) is 4.31 Å². The van der Waals surface area contributed by atoms with Gasteiger partial charge in [-0.05, 0) is 56.0 Å². The molecule has 1 atom stereocenters. The monoisotopic (exact) mass is 372 g/mol. The zero-order valence-corrected chi connectivity index (χ0v) is 15.9. The Hall–Kier alpha value is -2.18. The third-order valence-electron chi connectivity index (χ3n) is 4.76. The van der Waals surface area contributed by atoms with Gasteiger partial charge in [0.25, 0.3) is 0 Å². The lowest BCUT2D eigenvalue weighted by Gasteiger charge is -2.31. The number of carbonyl (C=O) groups is 1. The van der Waals surface area contributed by atoms with Crippen LogP contribution in [0, 0.1) is 19.8 Å². The second-order valence-corrected chi connectivity index (χ2v) is 8.73. The third kappa shape index (κ3) is 3.97. The summed E-state index contributed by atoms with van der Waals surface area (Å²) in [4.78, 5) is 12.9. The first kappa shape index (κ1) is 18.6. The molecule has 0 saturated carbocycles. The molecule has 6 heteroatoms. The quantitative estimate of drug-likeness (QED) is 0.895. The van der Waals surface area contributed by atoms with Crippen molar-refractivity contribution in [1.29, 1.82) is 0 Å². The average Bonchev–Trinajstić information content (AvgIpc) is 2.64. The molecule has 1 N–H and O–H groups in total. The van der Waals surface area contributed by atoms with Crippen LogP contribution in [0.2, 0.25) is 0 Å².